The van der Waals surface area contributed by atoms with Crippen LogP contribution in [0.2, 0.25) is 5.02 Å². The number of rotatable bonds is 2. The maximum absolute atomic E-state index is 12.5. The van der Waals surface area contributed by atoms with Crippen molar-refractivity contribution in [3.63, 3.8) is 0 Å². The van der Waals surface area contributed by atoms with Crippen LogP contribution < -0.4 is 5.32 Å². The van der Waals surface area contributed by atoms with Crippen LogP contribution in [0.3, 0.4) is 0 Å². The molecule has 1 aliphatic carbocycles. The molecule has 1 heterocycles. The molecule has 2 nitrogen and oxygen atoms in total. The van der Waals surface area contributed by atoms with Crippen LogP contribution in [0.4, 0.5) is 0 Å². The van der Waals surface area contributed by atoms with E-state index in [1.807, 2.05) is 12.1 Å². The molecule has 1 aromatic rings. The SMILES string of the molecule is CC1C(NC2CC2)c2cccc(Cl)c2S(=O)C1C. The van der Waals surface area contributed by atoms with E-state index < -0.39 is 10.8 Å². The zero-order valence-electron chi connectivity index (χ0n) is 10.7. The molecule has 4 unspecified atom stereocenters. The van der Waals surface area contributed by atoms with Crippen LogP contribution in [0.5, 0.6) is 0 Å². The van der Waals surface area contributed by atoms with E-state index in [1.54, 1.807) is 0 Å². The quantitative estimate of drug-likeness (QED) is 0.902. The van der Waals surface area contributed by atoms with E-state index in [0.29, 0.717) is 23.0 Å². The fourth-order valence-electron chi connectivity index (χ4n) is 2.66. The van der Waals surface area contributed by atoms with Crippen molar-refractivity contribution in [3.05, 3.63) is 28.8 Å². The molecule has 1 saturated carbocycles. The van der Waals surface area contributed by atoms with Crippen LogP contribution in [-0.2, 0) is 10.8 Å². The summed E-state index contributed by atoms with van der Waals surface area (Å²) in [5, 5.41) is 4.48. The number of fused-ring (bicyclic) bond motifs is 1. The van der Waals surface area contributed by atoms with Crippen LogP contribution in [0, 0.1) is 5.92 Å². The summed E-state index contributed by atoms with van der Waals surface area (Å²) in [7, 11) is -0.989. The van der Waals surface area contributed by atoms with Crippen molar-refractivity contribution in [1.82, 2.24) is 5.32 Å². The number of nitrogens with one attached hydrogen (secondary N) is 1. The zero-order valence-corrected chi connectivity index (χ0v) is 12.2. The Morgan fingerprint density at radius 2 is 2.06 bits per heavy atom. The maximum atomic E-state index is 12.5. The summed E-state index contributed by atoms with van der Waals surface area (Å²) >= 11 is 6.25. The van der Waals surface area contributed by atoms with Crippen molar-refractivity contribution in [2.45, 2.75) is 48.9 Å². The highest BCUT2D eigenvalue weighted by Crippen LogP contribution is 2.42. The van der Waals surface area contributed by atoms with Crippen LogP contribution in [-0.4, -0.2) is 15.5 Å². The number of hydrogen-bond acceptors (Lipinski definition) is 2. The second-order valence-electron chi connectivity index (χ2n) is 5.44. The molecule has 0 radical (unpaired) electrons. The summed E-state index contributed by atoms with van der Waals surface area (Å²) in [6, 6.07) is 6.81. The van der Waals surface area contributed by atoms with Gasteiger partial charge in [-0.25, -0.2) is 0 Å². The van der Waals surface area contributed by atoms with Crippen LogP contribution in [0.25, 0.3) is 0 Å². The van der Waals surface area contributed by atoms with Crippen LogP contribution in [0.15, 0.2) is 23.1 Å². The standard InChI is InChI=1S/C14H18ClNOS/c1-8-9(2)18(17)14-11(4-3-5-12(14)15)13(8)16-10-6-7-10/h3-5,8-10,13,16H,6-7H2,1-2H3. The topological polar surface area (TPSA) is 29.1 Å². The van der Waals surface area contributed by atoms with Crippen molar-refractivity contribution in [2.75, 3.05) is 0 Å². The summed E-state index contributed by atoms with van der Waals surface area (Å²) in [5.41, 5.74) is 1.14. The Morgan fingerprint density at radius 3 is 2.72 bits per heavy atom. The highest BCUT2D eigenvalue weighted by molar-refractivity contribution is 7.86. The van der Waals surface area contributed by atoms with Gasteiger partial charge in [0, 0.05) is 17.3 Å². The van der Waals surface area contributed by atoms with E-state index in [2.05, 4.69) is 25.2 Å². The van der Waals surface area contributed by atoms with Crippen molar-refractivity contribution in [2.24, 2.45) is 5.92 Å². The molecule has 18 heavy (non-hydrogen) atoms. The van der Waals surface area contributed by atoms with Gasteiger partial charge in [0.15, 0.2) is 0 Å². The Labute approximate surface area is 116 Å². The molecule has 1 aromatic carbocycles. The van der Waals surface area contributed by atoms with Crippen LogP contribution >= 0.6 is 11.6 Å². The lowest BCUT2D eigenvalue weighted by atomic mass is 9.91. The van der Waals surface area contributed by atoms with Gasteiger partial charge in [0.25, 0.3) is 0 Å². The first-order valence-electron chi connectivity index (χ1n) is 6.54. The average molecular weight is 284 g/mol. The fraction of sp³-hybridized carbons (Fsp3) is 0.571. The van der Waals surface area contributed by atoms with Gasteiger partial charge in [0.2, 0.25) is 0 Å². The minimum atomic E-state index is -0.989. The maximum Gasteiger partial charge on any atom is 0.0625 e. The molecule has 0 amide bonds. The fourth-order valence-corrected chi connectivity index (χ4v) is 4.68. The third kappa shape index (κ3) is 2.02. The van der Waals surface area contributed by atoms with Gasteiger partial charge >= 0.3 is 0 Å². The molecule has 0 aromatic heterocycles. The molecule has 2 aliphatic rings. The summed E-state index contributed by atoms with van der Waals surface area (Å²) in [6.07, 6.45) is 2.52. The van der Waals surface area contributed by atoms with Gasteiger partial charge in [-0.15, -0.1) is 0 Å². The van der Waals surface area contributed by atoms with Gasteiger partial charge < -0.3 is 5.32 Å². The second kappa shape index (κ2) is 4.62. The first-order valence-corrected chi connectivity index (χ1v) is 8.13. The summed E-state index contributed by atoms with van der Waals surface area (Å²) in [6.45, 7) is 4.25. The molecule has 4 atom stereocenters. The monoisotopic (exact) mass is 283 g/mol. The Balaban J connectivity index is 2.07. The molecule has 3 rings (SSSR count). The van der Waals surface area contributed by atoms with Gasteiger partial charge in [0.05, 0.1) is 20.7 Å². The molecule has 1 fully saturated rings. The van der Waals surface area contributed by atoms with Gasteiger partial charge in [-0.3, -0.25) is 4.21 Å². The van der Waals surface area contributed by atoms with E-state index >= 15 is 0 Å². The zero-order chi connectivity index (χ0) is 12.9. The third-order valence-electron chi connectivity index (χ3n) is 4.13. The van der Waals surface area contributed by atoms with E-state index in [1.165, 1.54) is 12.8 Å². The predicted octanol–water partition coefficient (Wildman–Crippen LogP) is 3.28. The lowest BCUT2D eigenvalue weighted by Gasteiger charge is -2.36. The molecule has 98 valence electrons. The molecule has 1 N–H and O–H groups in total. The van der Waals surface area contributed by atoms with Gasteiger partial charge in [-0.2, -0.15) is 0 Å². The van der Waals surface area contributed by atoms with Crippen molar-refractivity contribution in [3.8, 4) is 0 Å². The Kier molecular flexibility index (Phi) is 3.25. The average Bonchev–Trinajstić information content (AvgIpc) is 3.15. The third-order valence-corrected chi connectivity index (χ3v) is 6.52. The molecule has 1 aliphatic heterocycles. The van der Waals surface area contributed by atoms with Gasteiger partial charge in [-0.1, -0.05) is 37.6 Å². The molecule has 0 bridgehead atoms. The number of benzene rings is 1. The van der Waals surface area contributed by atoms with E-state index in [-0.39, 0.29) is 5.25 Å². The van der Waals surface area contributed by atoms with Crippen LogP contribution in [0.1, 0.15) is 38.3 Å². The Bertz CT molecular complexity index is 501. The Morgan fingerprint density at radius 1 is 1.33 bits per heavy atom. The largest absolute Gasteiger partial charge is 0.307 e. The summed E-state index contributed by atoms with van der Waals surface area (Å²) in [4.78, 5) is 0.850. The molecule has 0 saturated heterocycles. The first kappa shape index (κ1) is 12.6. The van der Waals surface area contributed by atoms with E-state index in [0.717, 1.165) is 10.5 Å². The number of hydrogen-bond donors (Lipinski definition) is 1. The normalized spacial score (nSPS) is 35.3. The molecular formula is C14H18ClNOS. The Hall–Kier alpha value is -0.380. The van der Waals surface area contributed by atoms with Crippen molar-refractivity contribution < 1.29 is 4.21 Å². The highest BCUT2D eigenvalue weighted by Gasteiger charge is 2.39. The molecular weight excluding hydrogens is 266 g/mol. The van der Waals surface area contributed by atoms with Gasteiger partial charge in [0.1, 0.15) is 0 Å². The predicted molar refractivity (Wildman–Crippen MR) is 75.4 cm³/mol. The smallest absolute Gasteiger partial charge is 0.0625 e. The lowest BCUT2D eigenvalue weighted by Crippen LogP contribution is -2.40. The molecule has 4 heteroatoms. The van der Waals surface area contributed by atoms with E-state index in [9.17, 15) is 4.21 Å². The van der Waals surface area contributed by atoms with Crippen molar-refractivity contribution in [1.29, 1.82) is 0 Å². The number of halogens is 1. The first-order chi connectivity index (χ1) is 8.59. The van der Waals surface area contributed by atoms with Crippen molar-refractivity contribution >= 4 is 22.4 Å². The van der Waals surface area contributed by atoms with Gasteiger partial charge in [-0.05, 0) is 30.4 Å². The second-order valence-corrected chi connectivity index (χ2v) is 7.59. The molecule has 0 spiro atoms. The summed E-state index contributed by atoms with van der Waals surface area (Å²) in [5.74, 6) is 0.373. The minimum absolute atomic E-state index is 0.147. The minimum Gasteiger partial charge on any atom is -0.307 e. The summed E-state index contributed by atoms with van der Waals surface area (Å²) < 4.78 is 12.5. The highest BCUT2D eigenvalue weighted by atomic mass is 35.5. The van der Waals surface area contributed by atoms with E-state index in [4.69, 9.17) is 11.6 Å². The lowest BCUT2D eigenvalue weighted by molar-refractivity contribution is 0.364.